The van der Waals surface area contributed by atoms with Crippen molar-refractivity contribution in [3.05, 3.63) is 132 Å². The SMILES string of the molecule is CCCCCCCCCCCCCc1cc2ccccc2c(S(=O)(=O)OP(CC)(c2ccccc2)(c2ccccc2)c2ccccc2)c1CCCCCCCCCCCCC. The predicted octanol–water partition coefficient (Wildman–Crippen LogP) is 15.7. The third kappa shape index (κ3) is 12.9. The molecule has 5 aromatic carbocycles. The van der Waals surface area contributed by atoms with E-state index in [1.54, 1.807) is 0 Å². The first-order chi connectivity index (χ1) is 29.9. The van der Waals surface area contributed by atoms with Crippen LogP contribution in [0.3, 0.4) is 0 Å². The van der Waals surface area contributed by atoms with Crippen LogP contribution >= 0.6 is 6.83 Å². The number of aryl methyl sites for hydroxylation is 1. The van der Waals surface area contributed by atoms with Crippen molar-refractivity contribution < 1.29 is 12.4 Å². The summed E-state index contributed by atoms with van der Waals surface area (Å²) in [5.74, 6) is 0. The fourth-order valence-electron chi connectivity index (χ4n) is 9.80. The Kier molecular flexibility index (Phi) is 20.5. The Morgan fingerprint density at radius 3 is 1.20 bits per heavy atom. The van der Waals surface area contributed by atoms with Crippen LogP contribution in [0.1, 0.15) is 173 Å². The van der Waals surface area contributed by atoms with Crippen LogP contribution in [0.4, 0.5) is 0 Å². The molecule has 0 amide bonds. The summed E-state index contributed by atoms with van der Waals surface area (Å²) in [7, 11) is -4.37. The van der Waals surface area contributed by atoms with Crippen LogP contribution in [0, 0.1) is 0 Å². The molecular weight excluding hydrogens is 784 g/mol. The molecule has 0 aliphatic rings. The first-order valence-electron chi connectivity index (χ1n) is 24.6. The average molecular weight is 863 g/mol. The average Bonchev–Trinajstić information content (AvgIpc) is 3.30. The molecule has 0 radical (unpaired) electrons. The van der Waals surface area contributed by atoms with Gasteiger partial charge in [0.05, 0.1) is 0 Å². The molecule has 61 heavy (non-hydrogen) atoms. The maximum absolute atomic E-state index is 16.0. The van der Waals surface area contributed by atoms with E-state index in [2.05, 4.69) is 69.3 Å². The quantitative estimate of drug-likeness (QED) is 0.0329. The van der Waals surface area contributed by atoms with E-state index in [1.807, 2.05) is 72.8 Å². The molecule has 0 N–H and O–H groups in total. The molecule has 5 rings (SSSR count). The molecule has 0 saturated carbocycles. The third-order valence-corrected chi connectivity index (χ3v) is 21.7. The van der Waals surface area contributed by atoms with E-state index in [-0.39, 0.29) is 0 Å². The van der Waals surface area contributed by atoms with Gasteiger partial charge in [0.2, 0.25) is 0 Å². The van der Waals surface area contributed by atoms with Crippen molar-refractivity contribution in [3.8, 4) is 0 Å². The van der Waals surface area contributed by atoms with Crippen molar-refractivity contribution in [2.45, 2.75) is 180 Å². The number of fused-ring (bicyclic) bond motifs is 1. The number of benzene rings is 5. The Morgan fingerprint density at radius 2 is 0.787 bits per heavy atom. The van der Waals surface area contributed by atoms with Gasteiger partial charge < -0.3 is 0 Å². The van der Waals surface area contributed by atoms with Gasteiger partial charge in [-0.05, 0) is 0 Å². The van der Waals surface area contributed by atoms with Gasteiger partial charge >= 0.3 is 303 Å². The van der Waals surface area contributed by atoms with Gasteiger partial charge in [-0.3, -0.25) is 0 Å². The van der Waals surface area contributed by atoms with Crippen molar-refractivity contribution >= 4 is 43.6 Å². The zero-order chi connectivity index (χ0) is 43.1. The van der Waals surface area contributed by atoms with Crippen molar-refractivity contribution in [1.82, 2.24) is 0 Å². The van der Waals surface area contributed by atoms with Crippen LogP contribution in [0.2, 0.25) is 0 Å². The van der Waals surface area contributed by atoms with Gasteiger partial charge in [0.25, 0.3) is 0 Å². The Morgan fingerprint density at radius 1 is 0.426 bits per heavy atom. The summed E-state index contributed by atoms with van der Waals surface area (Å²) < 4.78 is 39.4. The van der Waals surface area contributed by atoms with Gasteiger partial charge in [0.1, 0.15) is 0 Å². The number of hydrogen-bond acceptors (Lipinski definition) is 3. The van der Waals surface area contributed by atoms with Gasteiger partial charge in [-0.1, -0.05) is 71.6 Å². The van der Waals surface area contributed by atoms with Crippen LogP contribution in [-0.4, -0.2) is 14.6 Å². The summed E-state index contributed by atoms with van der Waals surface area (Å²) in [4.78, 5) is 0.390. The number of unbranched alkanes of at least 4 members (excludes halogenated alkanes) is 20. The van der Waals surface area contributed by atoms with E-state index in [0.717, 1.165) is 64.4 Å². The van der Waals surface area contributed by atoms with E-state index < -0.39 is 16.9 Å². The van der Waals surface area contributed by atoms with Crippen molar-refractivity contribution in [2.75, 3.05) is 6.16 Å². The molecule has 332 valence electrons. The van der Waals surface area contributed by atoms with E-state index in [0.29, 0.717) is 11.1 Å². The second kappa shape index (κ2) is 25.7. The molecule has 0 unspecified atom stereocenters. The third-order valence-electron chi connectivity index (χ3n) is 13.3. The van der Waals surface area contributed by atoms with E-state index in [9.17, 15) is 0 Å². The minimum atomic E-state index is -4.37. The molecule has 5 aromatic rings. The second-order valence-electron chi connectivity index (χ2n) is 17.7. The maximum atomic E-state index is 16.0. The van der Waals surface area contributed by atoms with Gasteiger partial charge in [-0.2, -0.15) is 0 Å². The Labute approximate surface area is 372 Å². The second-order valence-corrected chi connectivity index (χ2v) is 24.2. The summed E-state index contributed by atoms with van der Waals surface area (Å²) in [6.07, 6.45) is 30.1. The van der Waals surface area contributed by atoms with Gasteiger partial charge in [-0.25, -0.2) is 0 Å². The monoisotopic (exact) mass is 863 g/mol. The van der Waals surface area contributed by atoms with Crippen LogP contribution in [0.5, 0.6) is 0 Å². The van der Waals surface area contributed by atoms with Crippen molar-refractivity contribution in [2.24, 2.45) is 0 Å². The zero-order valence-corrected chi connectivity index (χ0v) is 40.0. The molecule has 0 aliphatic heterocycles. The molecule has 0 fully saturated rings. The van der Waals surface area contributed by atoms with Gasteiger partial charge in [-0.15, -0.1) is 0 Å². The summed E-state index contributed by atoms with van der Waals surface area (Å²) in [6.45, 7) is 2.54. The van der Waals surface area contributed by atoms with Gasteiger partial charge in [0.15, 0.2) is 0 Å². The smallest absolute Gasteiger partial charge is 0.0654 e. The molecule has 0 aliphatic carbocycles. The number of rotatable bonds is 31. The van der Waals surface area contributed by atoms with Crippen molar-refractivity contribution in [1.29, 1.82) is 0 Å². The molecule has 0 bridgehead atoms. The van der Waals surface area contributed by atoms with Crippen LogP contribution in [-0.2, 0) is 26.9 Å². The van der Waals surface area contributed by atoms with E-state index >= 15 is 8.42 Å². The summed E-state index contributed by atoms with van der Waals surface area (Å²) >= 11 is 0. The molecule has 0 saturated heterocycles. The standard InChI is InChI=1S/C56H79O3PS/c1-4-7-9-11-13-15-17-19-21-23-28-38-49-48-50-39-36-37-47-55(50)56(54(49)46-35-24-22-20-18-16-14-12-10-8-5-2)61(57,58)59-60(6-3,51-40-29-25-30-41-51,52-42-31-26-32-43-52)53-44-33-27-34-45-53/h25-27,29-34,36-37,39-45,47-48H,4-24,28,35,38,46H2,1-3H3. The molecule has 0 aromatic heterocycles. The molecule has 0 heterocycles. The Bertz CT molecular complexity index is 1980. The van der Waals surface area contributed by atoms with E-state index in [1.165, 1.54) is 128 Å². The predicted molar refractivity (Wildman–Crippen MR) is 268 cm³/mol. The molecule has 0 spiro atoms. The van der Waals surface area contributed by atoms with Crippen LogP contribution in [0.15, 0.2) is 126 Å². The molecule has 3 nitrogen and oxygen atoms in total. The Hall–Kier alpha value is -3.30. The molecule has 5 heteroatoms. The molecular formula is C56H79O3PS. The van der Waals surface area contributed by atoms with Crippen molar-refractivity contribution in [3.63, 3.8) is 0 Å². The van der Waals surface area contributed by atoms with E-state index in [4.69, 9.17) is 3.97 Å². The fraction of sp³-hybridized carbons (Fsp3) is 0.500. The summed E-state index contributed by atoms with van der Waals surface area (Å²) in [5.41, 5.74) is 2.16. The summed E-state index contributed by atoms with van der Waals surface area (Å²) in [5, 5.41) is 4.51. The van der Waals surface area contributed by atoms with Crippen LogP contribution in [0.25, 0.3) is 10.8 Å². The first-order valence-corrected chi connectivity index (χ1v) is 28.3. The fourth-order valence-corrected chi connectivity index (χ4v) is 18.7. The van der Waals surface area contributed by atoms with Gasteiger partial charge in [0, 0.05) is 0 Å². The minimum Gasteiger partial charge on any atom is -0.0654 e. The topological polar surface area (TPSA) is 43.4 Å². The molecule has 0 atom stereocenters. The Balaban J connectivity index is 1.50. The van der Waals surface area contributed by atoms with Crippen LogP contribution < -0.4 is 15.9 Å². The normalized spacial score (nSPS) is 12.7. The first kappa shape index (κ1) is 48.7. The number of hydrogen-bond donors (Lipinski definition) is 0. The summed E-state index contributed by atoms with van der Waals surface area (Å²) in [6, 6.07) is 41.1. The minimum absolute atomic E-state index is 0.390. The zero-order valence-electron chi connectivity index (χ0n) is 38.3.